The third kappa shape index (κ3) is 4.37. The van der Waals surface area contributed by atoms with Crippen LogP contribution >= 0.6 is 0 Å². The molecule has 118 valence electrons. The summed E-state index contributed by atoms with van der Waals surface area (Å²) in [4.78, 5) is 4.94. The summed E-state index contributed by atoms with van der Waals surface area (Å²) in [5, 5.41) is 3.61. The second kappa shape index (κ2) is 7.69. The van der Waals surface area contributed by atoms with Gasteiger partial charge in [0, 0.05) is 43.6 Å². The van der Waals surface area contributed by atoms with E-state index >= 15 is 0 Å². The normalized spacial score (nSPS) is 23.5. The molecular formula is C18H31N3. The number of benzene rings is 1. The molecule has 1 aromatic carbocycles. The lowest BCUT2D eigenvalue weighted by Crippen LogP contribution is -2.42. The Morgan fingerprint density at radius 1 is 1.14 bits per heavy atom. The first-order valence-electron chi connectivity index (χ1n) is 8.47. The van der Waals surface area contributed by atoms with Crippen LogP contribution in [0.3, 0.4) is 0 Å². The lowest BCUT2D eigenvalue weighted by Gasteiger charge is -2.33. The van der Waals surface area contributed by atoms with Crippen molar-refractivity contribution in [3.05, 3.63) is 24.3 Å². The third-order valence-corrected chi connectivity index (χ3v) is 4.52. The summed E-state index contributed by atoms with van der Waals surface area (Å²) < 4.78 is 0. The number of hydrogen-bond donors (Lipinski definition) is 1. The van der Waals surface area contributed by atoms with Crippen LogP contribution in [0.1, 0.15) is 34.1 Å². The smallest absolute Gasteiger partial charge is 0.0367 e. The molecule has 0 radical (unpaired) electrons. The van der Waals surface area contributed by atoms with Crippen molar-refractivity contribution in [2.75, 3.05) is 42.5 Å². The Hall–Kier alpha value is -1.22. The van der Waals surface area contributed by atoms with Gasteiger partial charge < -0.3 is 15.1 Å². The Morgan fingerprint density at radius 2 is 1.81 bits per heavy atom. The van der Waals surface area contributed by atoms with Crippen LogP contribution in [0.15, 0.2) is 24.3 Å². The Morgan fingerprint density at radius 3 is 2.43 bits per heavy atom. The highest BCUT2D eigenvalue weighted by atomic mass is 15.1. The molecule has 1 saturated heterocycles. The van der Waals surface area contributed by atoms with E-state index in [1.54, 1.807) is 0 Å². The number of anilines is 2. The fourth-order valence-corrected chi connectivity index (χ4v) is 3.08. The maximum Gasteiger partial charge on any atom is 0.0367 e. The monoisotopic (exact) mass is 289 g/mol. The van der Waals surface area contributed by atoms with Crippen LogP contribution in [0, 0.1) is 5.92 Å². The van der Waals surface area contributed by atoms with Gasteiger partial charge in [0.25, 0.3) is 0 Å². The van der Waals surface area contributed by atoms with Gasteiger partial charge in [0.05, 0.1) is 0 Å². The molecule has 2 atom stereocenters. The Labute approximate surface area is 130 Å². The predicted octanol–water partition coefficient (Wildman–Crippen LogP) is 3.36. The second-order valence-electron chi connectivity index (χ2n) is 6.34. The van der Waals surface area contributed by atoms with Crippen molar-refractivity contribution in [1.82, 2.24) is 5.32 Å². The first-order chi connectivity index (χ1) is 10.1. The molecule has 3 nitrogen and oxygen atoms in total. The van der Waals surface area contributed by atoms with Gasteiger partial charge in [-0.05, 0) is 63.9 Å². The standard InChI is InChI=1S/C18H31N3/c1-5-20(6-2)17-7-9-18(10-8-17)21-12-11-16(4)19-13-15(3)14-21/h7-10,15-16,19H,5-6,11-14H2,1-4H3. The number of rotatable bonds is 4. The van der Waals surface area contributed by atoms with Crippen molar-refractivity contribution < 1.29 is 0 Å². The number of nitrogens with one attached hydrogen (secondary N) is 1. The fraction of sp³-hybridized carbons (Fsp3) is 0.667. The van der Waals surface area contributed by atoms with Crippen LogP contribution in [0.5, 0.6) is 0 Å². The summed E-state index contributed by atoms with van der Waals surface area (Å²) in [6.45, 7) is 14.6. The van der Waals surface area contributed by atoms with Crippen LogP contribution in [0.4, 0.5) is 11.4 Å². The Bertz CT molecular complexity index is 411. The van der Waals surface area contributed by atoms with Crippen LogP contribution in [-0.4, -0.2) is 38.8 Å². The van der Waals surface area contributed by atoms with E-state index in [9.17, 15) is 0 Å². The molecule has 1 N–H and O–H groups in total. The molecule has 0 aliphatic carbocycles. The predicted molar refractivity (Wildman–Crippen MR) is 93.5 cm³/mol. The molecule has 0 spiro atoms. The molecular weight excluding hydrogens is 258 g/mol. The van der Waals surface area contributed by atoms with E-state index in [0.29, 0.717) is 12.0 Å². The van der Waals surface area contributed by atoms with Crippen molar-refractivity contribution in [2.24, 2.45) is 5.92 Å². The SMILES string of the molecule is CCN(CC)c1ccc(N2CCC(C)NCC(C)C2)cc1. The highest BCUT2D eigenvalue weighted by molar-refractivity contribution is 5.56. The maximum absolute atomic E-state index is 3.61. The number of hydrogen-bond acceptors (Lipinski definition) is 3. The molecule has 1 aliphatic rings. The summed E-state index contributed by atoms with van der Waals surface area (Å²) in [7, 11) is 0. The van der Waals surface area contributed by atoms with Gasteiger partial charge in [0.1, 0.15) is 0 Å². The minimum atomic E-state index is 0.616. The molecule has 2 rings (SSSR count). The van der Waals surface area contributed by atoms with Crippen molar-refractivity contribution in [3.8, 4) is 0 Å². The highest BCUT2D eigenvalue weighted by Gasteiger charge is 2.16. The van der Waals surface area contributed by atoms with E-state index in [0.717, 1.165) is 32.7 Å². The minimum absolute atomic E-state index is 0.616. The van der Waals surface area contributed by atoms with E-state index in [1.165, 1.54) is 17.8 Å². The van der Waals surface area contributed by atoms with Gasteiger partial charge in [-0.3, -0.25) is 0 Å². The molecule has 2 unspecified atom stereocenters. The van der Waals surface area contributed by atoms with Crippen LogP contribution in [0.25, 0.3) is 0 Å². The Balaban J connectivity index is 2.08. The maximum atomic E-state index is 3.61. The summed E-state index contributed by atoms with van der Waals surface area (Å²) in [5.74, 6) is 0.690. The van der Waals surface area contributed by atoms with Gasteiger partial charge in [-0.2, -0.15) is 0 Å². The van der Waals surface area contributed by atoms with E-state index in [1.807, 2.05) is 0 Å². The summed E-state index contributed by atoms with van der Waals surface area (Å²) in [6, 6.07) is 9.74. The molecule has 1 heterocycles. The second-order valence-corrected chi connectivity index (χ2v) is 6.34. The van der Waals surface area contributed by atoms with Crippen molar-refractivity contribution in [3.63, 3.8) is 0 Å². The molecule has 0 aromatic heterocycles. The van der Waals surface area contributed by atoms with E-state index in [2.05, 4.69) is 67.1 Å². The topological polar surface area (TPSA) is 18.5 Å². The van der Waals surface area contributed by atoms with Gasteiger partial charge in [0.15, 0.2) is 0 Å². The zero-order valence-electron chi connectivity index (χ0n) is 14.1. The molecule has 0 saturated carbocycles. The molecule has 1 fully saturated rings. The first-order valence-corrected chi connectivity index (χ1v) is 8.47. The lowest BCUT2D eigenvalue weighted by molar-refractivity contribution is 0.411. The van der Waals surface area contributed by atoms with Crippen LogP contribution in [0.2, 0.25) is 0 Å². The summed E-state index contributed by atoms with van der Waals surface area (Å²) >= 11 is 0. The highest BCUT2D eigenvalue weighted by Crippen LogP contribution is 2.22. The lowest BCUT2D eigenvalue weighted by atomic mass is 10.1. The van der Waals surface area contributed by atoms with Crippen LogP contribution in [-0.2, 0) is 0 Å². The minimum Gasteiger partial charge on any atom is -0.372 e. The molecule has 21 heavy (non-hydrogen) atoms. The zero-order valence-corrected chi connectivity index (χ0v) is 14.1. The third-order valence-electron chi connectivity index (χ3n) is 4.52. The van der Waals surface area contributed by atoms with E-state index < -0.39 is 0 Å². The summed E-state index contributed by atoms with van der Waals surface area (Å²) in [6.07, 6.45) is 1.21. The zero-order chi connectivity index (χ0) is 15.2. The molecule has 1 aliphatic heterocycles. The molecule has 0 amide bonds. The molecule has 1 aromatic rings. The first kappa shape index (κ1) is 16.2. The quantitative estimate of drug-likeness (QED) is 0.917. The largest absolute Gasteiger partial charge is 0.372 e. The van der Waals surface area contributed by atoms with E-state index in [4.69, 9.17) is 0 Å². The molecule has 0 bridgehead atoms. The average molecular weight is 289 g/mol. The van der Waals surface area contributed by atoms with Crippen molar-refractivity contribution >= 4 is 11.4 Å². The van der Waals surface area contributed by atoms with Crippen molar-refractivity contribution in [2.45, 2.75) is 40.2 Å². The fourth-order valence-electron chi connectivity index (χ4n) is 3.08. The van der Waals surface area contributed by atoms with Gasteiger partial charge in [0.2, 0.25) is 0 Å². The van der Waals surface area contributed by atoms with Gasteiger partial charge in [-0.15, -0.1) is 0 Å². The average Bonchev–Trinajstić information content (AvgIpc) is 2.50. The van der Waals surface area contributed by atoms with Gasteiger partial charge in [-0.25, -0.2) is 0 Å². The summed E-state index contributed by atoms with van der Waals surface area (Å²) in [5.41, 5.74) is 2.70. The van der Waals surface area contributed by atoms with E-state index in [-0.39, 0.29) is 0 Å². The number of nitrogens with zero attached hydrogens (tertiary/aromatic N) is 2. The Kier molecular flexibility index (Phi) is 5.92. The van der Waals surface area contributed by atoms with Crippen LogP contribution < -0.4 is 15.1 Å². The van der Waals surface area contributed by atoms with Gasteiger partial charge in [-0.1, -0.05) is 6.92 Å². The van der Waals surface area contributed by atoms with Crippen molar-refractivity contribution in [1.29, 1.82) is 0 Å². The molecule has 3 heteroatoms. The van der Waals surface area contributed by atoms with Gasteiger partial charge >= 0.3 is 0 Å².